The van der Waals surface area contributed by atoms with E-state index in [0.29, 0.717) is 21.4 Å². The number of thiazole rings is 1. The Hall–Kier alpha value is -3.83. The Bertz CT molecular complexity index is 1340. The van der Waals surface area contributed by atoms with Gasteiger partial charge in [-0.25, -0.2) is 4.98 Å². The number of nitrogens with zero attached hydrogens (tertiary/aromatic N) is 4. The van der Waals surface area contributed by atoms with Crippen molar-refractivity contribution < 1.29 is 19.1 Å². The zero-order chi connectivity index (χ0) is 23.0. The second-order valence-corrected chi connectivity index (χ2v) is 8.23. The van der Waals surface area contributed by atoms with E-state index in [4.69, 9.17) is 16.0 Å². The Balaban J connectivity index is 1.84. The quantitative estimate of drug-likeness (QED) is 0.266. The predicted molar refractivity (Wildman–Crippen MR) is 118 cm³/mol. The summed E-state index contributed by atoms with van der Waals surface area (Å²) >= 11 is 7.34. The summed E-state index contributed by atoms with van der Waals surface area (Å²) in [4.78, 5) is 40.2. The van der Waals surface area contributed by atoms with Crippen molar-refractivity contribution in [3.63, 3.8) is 0 Å². The highest BCUT2D eigenvalue weighted by Gasteiger charge is 2.27. The standard InChI is InChI=1S/C20H13ClN4O6S/c1-11-5-13(21)8-17-18(11)22-20(32-17)23(10-16-3-2-4-31-16)19(26)12-6-14(24(27)28)9-15(7-12)25(29)30/h2-9H,10H2,1H3. The molecule has 4 rings (SSSR count). The van der Waals surface area contributed by atoms with Crippen molar-refractivity contribution in [1.29, 1.82) is 0 Å². The number of non-ortho nitro benzene ring substituents is 2. The first-order valence-corrected chi connectivity index (χ1v) is 10.3. The lowest BCUT2D eigenvalue weighted by Gasteiger charge is -2.18. The van der Waals surface area contributed by atoms with Crippen LogP contribution in [-0.2, 0) is 6.54 Å². The Morgan fingerprint density at radius 1 is 1.16 bits per heavy atom. The molecule has 2 aromatic heterocycles. The molecule has 32 heavy (non-hydrogen) atoms. The van der Waals surface area contributed by atoms with E-state index in [1.165, 1.54) is 22.5 Å². The van der Waals surface area contributed by atoms with Crippen LogP contribution in [0.1, 0.15) is 21.7 Å². The molecule has 0 aliphatic heterocycles. The smallest absolute Gasteiger partial charge is 0.277 e. The average molecular weight is 473 g/mol. The molecule has 0 saturated heterocycles. The van der Waals surface area contributed by atoms with Gasteiger partial charge in [0, 0.05) is 17.2 Å². The van der Waals surface area contributed by atoms with Gasteiger partial charge in [0.25, 0.3) is 17.3 Å². The number of fused-ring (bicyclic) bond motifs is 1. The van der Waals surface area contributed by atoms with E-state index in [2.05, 4.69) is 4.98 Å². The summed E-state index contributed by atoms with van der Waals surface area (Å²) in [6.07, 6.45) is 1.44. The molecule has 0 aliphatic rings. The Morgan fingerprint density at radius 2 is 1.84 bits per heavy atom. The van der Waals surface area contributed by atoms with E-state index < -0.39 is 27.1 Å². The van der Waals surface area contributed by atoms with Gasteiger partial charge in [0.1, 0.15) is 5.76 Å². The van der Waals surface area contributed by atoms with Crippen LogP contribution in [0, 0.1) is 27.2 Å². The molecule has 1 amide bonds. The number of aromatic nitrogens is 1. The minimum absolute atomic E-state index is 0.0328. The summed E-state index contributed by atoms with van der Waals surface area (Å²) < 4.78 is 6.10. The Morgan fingerprint density at radius 3 is 2.44 bits per heavy atom. The van der Waals surface area contributed by atoms with Crippen molar-refractivity contribution in [3.8, 4) is 0 Å². The first-order valence-electron chi connectivity index (χ1n) is 9.07. The molecule has 0 atom stereocenters. The zero-order valence-electron chi connectivity index (χ0n) is 16.4. The highest BCUT2D eigenvalue weighted by Crippen LogP contribution is 2.35. The number of hydrogen-bond acceptors (Lipinski definition) is 8. The maximum atomic E-state index is 13.4. The number of halogens is 1. The van der Waals surface area contributed by atoms with Crippen LogP contribution in [0.5, 0.6) is 0 Å². The third-order valence-corrected chi connectivity index (χ3v) is 5.82. The molecule has 10 nitrogen and oxygen atoms in total. The Kier molecular flexibility index (Phi) is 5.59. The summed E-state index contributed by atoms with van der Waals surface area (Å²) in [6, 6.07) is 9.58. The minimum Gasteiger partial charge on any atom is -0.467 e. The molecule has 0 radical (unpaired) electrons. The van der Waals surface area contributed by atoms with E-state index >= 15 is 0 Å². The van der Waals surface area contributed by atoms with E-state index in [9.17, 15) is 25.0 Å². The van der Waals surface area contributed by atoms with Crippen LogP contribution in [0.2, 0.25) is 5.02 Å². The van der Waals surface area contributed by atoms with Crippen LogP contribution in [0.3, 0.4) is 0 Å². The number of carbonyl (C=O) groups is 1. The summed E-state index contributed by atoms with van der Waals surface area (Å²) in [6.45, 7) is 1.80. The summed E-state index contributed by atoms with van der Waals surface area (Å²) in [5.74, 6) is -0.261. The van der Waals surface area contributed by atoms with E-state index in [1.54, 1.807) is 24.3 Å². The fraction of sp³-hybridized carbons (Fsp3) is 0.100. The molecular weight excluding hydrogens is 460 g/mol. The molecule has 2 heterocycles. The first kappa shape index (κ1) is 21.4. The predicted octanol–water partition coefficient (Wildman–Crippen LogP) is 5.51. The number of amides is 1. The second kappa shape index (κ2) is 8.36. The number of carbonyl (C=O) groups excluding carboxylic acids is 1. The van der Waals surface area contributed by atoms with Gasteiger partial charge in [-0.3, -0.25) is 29.9 Å². The van der Waals surface area contributed by atoms with Gasteiger partial charge < -0.3 is 4.42 Å². The SMILES string of the molecule is Cc1cc(Cl)cc2sc(N(Cc3ccco3)C(=O)c3cc([N+](=O)[O-])cc([N+](=O)[O-])c3)nc12. The van der Waals surface area contributed by atoms with E-state index in [0.717, 1.165) is 28.5 Å². The van der Waals surface area contributed by atoms with Gasteiger partial charge in [-0.05, 0) is 36.8 Å². The number of hydrogen-bond donors (Lipinski definition) is 0. The first-order chi connectivity index (χ1) is 15.2. The molecule has 4 aromatic rings. The summed E-state index contributed by atoms with van der Waals surface area (Å²) in [5, 5.41) is 23.3. The third kappa shape index (κ3) is 4.15. The van der Waals surface area contributed by atoms with Crippen molar-refractivity contribution in [2.24, 2.45) is 0 Å². The van der Waals surface area contributed by atoms with Crippen LogP contribution in [0.25, 0.3) is 10.2 Å². The van der Waals surface area contributed by atoms with E-state index in [-0.39, 0.29) is 12.1 Å². The molecule has 0 N–H and O–H groups in total. The second-order valence-electron chi connectivity index (χ2n) is 6.79. The molecule has 0 unspecified atom stereocenters. The van der Waals surface area contributed by atoms with Crippen molar-refractivity contribution in [2.75, 3.05) is 4.90 Å². The number of furan rings is 1. The number of nitro benzene ring substituents is 2. The van der Waals surface area contributed by atoms with Crippen LogP contribution in [0.4, 0.5) is 16.5 Å². The maximum Gasteiger partial charge on any atom is 0.277 e. The maximum absolute atomic E-state index is 13.4. The summed E-state index contributed by atoms with van der Waals surface area (Å²) in [7, 11) is 0. The number of benzene rings is 2. The number of aryl methyl sites for hydroxylation is 1. The van der Waals surface area contributed by atoms with Crippen LogP contribution in [-0.4, -0.2) is 20.7 Å². The molecule has 0 aliphatic carbocycles. The van der Waals surface area contributed by atoms with Gasteiger partial charge in [-0.1, -0.05) is 22.9 Å². The summed E-state index contributed by atoms with van der Waals surface area (Å²) in [5.41, 5.74) is 0.120. The topological polar surface area (TPSA) is 133 Å². The van der Waals surface area contributed by atoms with Crippen molar-refractivity contribution in [2.45, 2.75) is 13.5 Å². The van der Waals surface area contributed by atoms with Gasteiger partial charge in [0.15, 0.2) is 5.13 Å². The molecule has 12 heteroatoms. The molecule has 2 aromatic carbocycles. The van der Waals surface area contributed by atoms with Crippen LogP contribution < -0.4 is 4.90 Å². The third-order valence-electron chi connectivity index (χ3n) is 4.58. The number of nitro groups is 2. The van der Waals surface area contributed by atoms with Gasteiger partial charge in [-0.15, -0.1) is 0 Å². The van der Waals surface area contributed by atoms with Crippen LogP contribution >= 0.6 is 22.9 Å². The molecule has 0 fully saturated rings. The van der Waals surface area contributed by atoms with E-state index in [1.807, 2.05) is 6.92 Å². The average Bonchev–Trinajstić information content (AvgIpc) is 3.40. The molecule has 162 valence electrons. The molecular formula is C20H13ClN4O6S. The number of anilines is 1. The lowest BCUT2D eigenvalue weighted by Crippen LogP contribution is -2.30. The minimum atomic E-state index is -0.788. The van der Waals surface area contributed by atoms with Crippen molar-refractivity contribution in [3.05, 3.63) is 90.9 Å². The highest BCUT2D eigenvalue weighted by atomic mass is 35.5. The monoisotopic (exact) mass is 472 g/mol. The largest absolute Gasteiger partial charge is 0.467 e. The molecule has 0 saturated carbocycles. The highest BCUT2D eigenvalue weighted by molar-refractivity contribution is 7.22. The lowest BCUT2D eigenvalue weighted by atomic mass is 10.1. The van der Waals surface area contributed by atoms with Crippen LogP contribution in [0.15, 0.2) is 53.1 Å². The normalized spacial score (nSPS) is 10.9. The van der Waals surface area contributed by atoms with Gasteiger partial charge in [0.2, 0.25) is 0 Å². The fourth-order valence-corrected chi connectivity index (χ4v) is 4.55. The van der Waals surface area contributed by atoms with Gasteiger partial charge in [0.05, 0.1) is 44.5 Å². The molecule has 0 bridgehead atoms. The van der Waals surface area contributed by atoms with Gasteiger partial charge in [-0.2, -0.15) is 0 Å². The van der Waals surface area contributed by atoms with Crippen molar-refractivity contribution >= 4 is 55.6 Å². The fourth-order valence-electron chi connectivity index (χ4n) is 3.13. The Labute approximate surface area is 189 Å². The molecule has 0 spiro atoms. The lowest BCUT2D eigenvalue weighted by molar-refractivity contribution is -0.394. The number of rotatable bonds is 6. The zero-order valence-corrected chi connectivity index (χ0v) is 17.9. The van der Waals surface area contributed by atoms with Crippen molar-refractivity contribution in [1.82, 2.24) is 4.98 Å². The van der Waals surface area contributed by atoms with Gasteiger partial charge >= 0.3 is 0 Å².